The Hall–Kier alpha value is -2.81. The van der Waals surface area contributed by atoms with Gasteiger partial charge in [0, 0.05) is 46.8 Å². The van der Waals surface area contributed by atoms with E-state index in [0.29, 0.717) is 18.6 Å². The van der Waals surface area contributed by atoms with Gasteiger partial charge in [0.2, 0.25) is 0 Å². The lowest BCUT2D eigenvalue weighted by Gasteiger charge is -2.27. The summed E-state index contributed by atoms with van der Waals surface area (Å²) in [6.45, 7) is 4.30. The third kappa shape index (κ3) is 4.32. The minimum atomic E-state index is 0.245. The van der Waals surface area contributed by atoms with E-state index in [1.807, 2.05) is 36.4 Å². The quantitative estimate of drug-likeness (QED) is 0.468. The smallest absolute Gasteiger partial charge is 0.146 e. The van der Waals surface area contributed by atoms with Crippen LogP contribution in [0.5, 0.6) is 5.75 Å². The van der Waals surface area contributed by atoms with Crippen LogP contribution in [-0.2, 0) is 17.8 Å². The maximum atomic E-state index is 10.9. The van der Waals surface area contributed by atoms with Crippen LogP contribution in [0.1, 0.15) is 11.1 Å². The average Bonchev–Trinajstić information content (AvgIpc) is 3.27. The minimum Gasteiger partial charge on any atom is -0.505 e. The Labute approximate surface area is 188 Å². The zero-order valence-corrected chi connectivity index (χ0v) is 18.5. The summed E-state index contributed by atoms with van der Waals surface area (Å²) in [5, 5.41) is 20.9. The van der Waals surface area contributed by atoms with Crippen molar-refractivity contribution in [3.05, 3.63) is 70.5 Å². The second-order valence-corrected chi connectivity index (χ2v) is 8.51. The van der Waals surface area contributed by atoms with Crippen molar-refractivity contribution >= 4 is 26.8 Å². The molecule has 8 heteroatoms. The molecular weight excluding hydrogens is 458 g/mol. The van der Waals surface area contributed by atoms with Gasteiger partial charge in [-0.3, -0.25) is 9.88 Å². The Kier molecular flexibility index (Phi) is 5.67. The number of pyridine rings is 1. The Bertz CT molecular complexity index is 1200. The number of hydrogen-bond acceptors (Lipinski definition) is 6. The maximum absolute atomic E-state index is 10.9. The number of rotatable bonds is 5. The molecule has 31 heavy (non-hydrogen) atoms. The molecule has 0 spiro atoms. The number of nitrogens with zero attached hydrogens (tertiary/aromatic N) is 5. The standard InChI is InChI=1S/C23H22BrN5O2/c24-19-5-3-16(4-6-19)21-13-26-29(27-21)15-17-12-18(14-28-8-10-31-11-9-28)23(30)22-20(17)2-1-7-25-22/h1-7,12-13,30H,8-11,14-15H2. The highest BCUT2D eigenvalue weighted by Crippen LogP contribution is 2.31. The van der Waals surface area contributed by atoms with E-state index < -0.39 is 0 Å². The Morgan fingerprint density at radius 2 is 1.84 bits per heavy atom. The van der Waals surface area contributed by atoms with E-state index in [-0.39, 0.29) is 5.75 Å². The van der Waals surface area contributed by atoms with Crippen molar-refractivity contribution in [1.82, 2.24) is 24.9 Å². The minimum absolute atomic E-state index is 0.245. The highest BCUT2D eigenvalue weighted by Gasteiger charge is 2.18. The first kappa shape index (κ1) is 20.1. The molecule has 1 fully saturated rings. The highest BCUT2D eigenvalue weighted by atomic mass is 79.9. The molecule has 0 unspecified atom stereocenters. The molecule has 1 saturated heterocycles. The molecule has 0 radical (unpaired) electrons. The first-order valence-corrected chi connectivity index (χ1v) is 11.0. The first-order valence-electron chi connectivity index (χ1n) is 10.2. The third-order valence-electron chi connectivity index (χ3n) is 5.52. The molecule has 7 nitrogen and oxygen atoms in total. The van der Waals surface area contributed by atoms with E-state index in [1.54, 1.807) is 17.2 Å². The van der Waals surface area contributed by atoms with Crippen LogP contribution >= 0.6 is 15.9 Å². The number of aromatic hydroxyl groups is 1. The number of ether oxygens (including phenoxy) is 1. The largest absolute Gasteiger partial charge is 0.505 e. The fourth-order valence-electron chi connectivity index (χ4n) is 3.89. The summed E-state index contributed by atoms with van der Waals surface area (Å²) in [5.74, 6) is 0.245. The molecule has 2 aromatic heterocycles. The number of phenols is 1. The van der Waals surface area contributed by atoms with Gasteiger partial charge in [-0.2, -0.15) is 15.0 Å². The van der Waals surface area contributed by atoms with Crippen molar-refractivity contribution in [2.75, 3.05) is 26.3 Å². The molecule has 1 aliphatic heterocycles. The molecule has 2 aromatic carbocycles. The fraction of sp³-hybridized carbons (Fsp3) is 0.261. The lowest BCUT2D eigenvalue weighted by atomic mass is 10.0. The molecule has 0 atom stereocenters. The van der Waals surface area contributed by atoms with Crippen molar-refractivity contribution in [3.8, 4) is 17.0 Å². The summed E-state index contributed by atoms with van der Waals surface area (Å²) < 4.78 is 6.47. The summed E-state index contributed by atoms with van der Waals surface area (Å²) in [4.78, 5) is 8.43. The van der Waals surface area contributed by atoms with Crippen LogP contribution in [-0.4, -0.2) is 56.3 Å². The van der Waals surface area contributed by atoms with Crippen molar-refractivity contribution in [2.24, 2.45) is 0 Å². The molecule has 1 N–H and O–H groups in total. The molecule has 0 bridgehead atoms. The van der Waals surface area contributed by atoms with E-state index >= 15 is 0 Å². The van der Waals surface area contributed by atoms with Gasteiger partial charge in [-0.1, -0.05) is 34.1 Å². The van der Waals surface area contributed by atoms with E-state index in [0.717, 1.165) is 58.5 Å². The summed E-state index contributed by atoms with van der Waals surface area (Å²) >= 11 is 3.46. The van der Waals surface area contributed by atoms with Gasteiger partial charge in [0.1, 0.15) is 17.0 Å². The second-order valence-electron chi connectivity index (χ2n) is 7.60. The molecular formula is C23H22BrN5O2. The highest BCUT2D eigenvalue weighted by molar-refractivity contribution is 9.10. The topological polar surface area (TPSA) is 76.3 Å². The Morgan fingerprint density at radius 1 is 1.03 bits per heavy atom. The Balaban J connectivity index is 1.47. The molecule has 0 saturated carbocycles. The van der Waals surface area contributed by atoms with Gasteiger partial charge in [0.05, 0.1) is 26.0 Å². The van der Waals surface area contributed by atoms with Gasteiger partial charge in [-0.05, 0) is 29.8 Å². The van der Waals surface area contributed by atoms with E-state index in [4.69, 9.17) is 4.74 Å². The van der Waals surface area contributed by atoms with Gasteiger partial charge in [0.15, 0.2) is 0 Å². The van der Waals surface area contributed by atoms with Crippen molar-refractivity contribution in [3.63, 3.8) is 0 Å². The van der Waals surface area contributed by atoms with Gasteiger partial charge in [-0.15, -0.1) is 0 Å². The van der Waals surface area contributed by atoms with Crippen LogP contribution in [0.25, 0.3) is 22.2 Å². The van der Waals surface area contributed by atoms with Crippen LogP contribution < -0.4 is 0 Å². The van der Waals surface area contributed by atoms with Crippen molar-refractivity contribution in [1.29, 1.82) is 0 Å². The fourth-order valence-corrected chi connectivity index (χ4v) is 4.16. The summed E-state index contributed by atoms with van der Waals surface area (Å²) in [5.41, 5.74) is 4.34. The molecule has 3 heterocycles. The van der Waals surface area contributed by atoms with Gasteiger partial charge >= 0.3 is 0 Å². The number of morpholine rings is 1. The third-order valence-corrected chi connectivity index (χ3v) is 6.05. The van der Waals surface area contributed by atoms with E-state index in [2.05, 4.69) is 42.1 Å². The van der Waals surface area contributed by atoms with Crippen LogP contribution in [0.4, 0.5) is 0 Å². The SMILES string of the molecule is Oc1c(CN2CCOCC2)cc(Cn2ncc(-c3ccc(Br)cc3)n2)c2cccnc12. The normalized spacial score (nSPS) is 14.9. The maximum Gasteiger partial charge on any atom is 0.146 e. The summed E-state index contributed by atoms with van der Waals surface area (Å²) in [7, 11) is 0. The Morgan fingerprint density at radius 3 is 2.65 bits per heavy atom. The molecule has 0 amide bonds. The molecule has 4 aromatic rings. The van der Waals surface area contributed by atoms with Crippen LogP contribution in [0.2, 0.25) is 0 Å². The summed E-state index contributed by atoms with van der Waals surface area (Å²) in [6, 6.07) is 13.9. The second kappa shape index (κ2) is 8.74. The predicted octanol–water partition coefficient (Wildman–Crippen LogP) is 3.84. The molecule has 1 aliphatic rings. The van der Waals surface area contributed by atoms with E-state index in [1.165, 1.54) is 0 Å². The first-order chi connectivity index (χ1) is 15.2. The number of benzene rings is 2. The lowest BCUT2D eigenvalue weighted by Crippen LogP contribution is -2.35. The monoisotopic (exact) mass is 479 g/mol. The van der Waals surface area contributed by atoms with Crippen molar-refractivity contribution < 1.29 is 9.84 Å². The van der Waals surface area contributed by atoms with Crippen molar-refractivity contribution in [2.45, 2.75) is 13.1 Å². The number of aromatic nitrogens is 4. The van der Waals surface area contributed by atoms with Crippen LogP contribution in [0.15, 0.2) is 59.3 Å². The average molecular weight is 480 g/mol. The number of halogens is 1. The van der Waals surface area contributed by atoms with Crippen LogP contribution in [0, 0.1) is 0 Å². The van der Waals surface area contributed by atoms with Gasteiger partial charge in [0.25, 0.3) is 0 Å². The summed E-state index contributed by atoms with van der Waals surface area (Å²) in [6.07, 6.45) is 3.49. The predicted molar refractivity (Wildman–Crippen MR) is 122 cm³/mol. The lowest BCUT2D eigenvalue weighted by molar-refractivity contribution is 0.0339. The zero-order valence-electron chi connectivity index (χ0n) is 16.9. The van der Waals surface area contributed by atoms with Gasteiger partial charge in [-0.25, -0.2) is 0 Å². The number of hydrogen-bond donors (Lipinski definition) is 1. The number of phenolic OH excluding ortho intramolecular Hbond substituents is 1. The molecule has 5 rings (SSSR count). The zero-order chi connectivity index (χ0) is 21.2. The number of fused-ring (bicyclic) bond motifs is 1. The van der Waals surface area contributed by atoms with Crippen LogP contribution in [0.3, 0.4) is 0 Å². The van der Waals surface area contributed by atoms with E-state index in [9.17, 15) is 5.11 Å². The molecule has 0 aliphatic carbocycles. The molecule has 158 valence electrons. The van der Waals surface area contributed by atoms with Gasteiger partial charge < -0.3 is 9.84 Å².